The second-order valence-electron chi connectivity index (χ2n) is 5.14. The molecule has 0 spiro atoms. The molecule has 112 valence electrons. The molecular formula is C14H18ClN5O. The van der Waals surface area contributed by atoms with Gasteiger partial charge >= 0.3 is 6.01 Å². The lowest BCUT2D eigenvalue weighted by Gasteiger charge is -2.27. The Hall–Kier alpha value is -1.82. The van der Waals surface area contributed by atoms with E-state index in [2.05, 4.69) is 24.4 Å². The van der Waals surface area contributed by atoms with Crippen molar-refractivity contribution in [1.82, 2.24) is 19.5 Å². The molecule has 1 fully saturated rings. The summed E-state index contributed by atoms with van der Waals surface area (Å²) >= 11 is 6.27. The second kappa shape index (κ2) is 5.89. The van der Waals surface area contributed by atoms with Crippen molar-refractivity contribution in [2.75, 3.05) is 18.6 Å². The number of ether oxygens (including phenoxy) is 1. The number of aromatic nitrogens is 4. The molecule has 0 aliphatic carbocycles. The molecule has 1 atom stereocenters. The van der Waals surface area contributed by atoms with Crippen LogP contribution < -0.4 is 9.64 Å². The summed E-state index contributed by atoms with van der Waals surface area (Å²) in [5.74, 6) is 1.78. The first kappa shape index (κ1) is 14.1. The summed E-state index contributed by atoms with van der Waals surface area (Å²) in [7, 11) is 1.56. The standard InChI is InChI=1S/C14H18ClN5O/c1-10-16-5-7-19(10)9-11-4-3-6-20(11)13-12(15)8-17-14(18-13)21-2/h5,7-8,11H,3-4,6,9H2,1-2H3/t11-/m0/s1. The molecular weight excluding hydrogens is 290 g/mol. The maximum Gasteiger partial charge on any atom is 0.318 e. The highest BCUT2D eigenvalue weighted by molar-refractivity contribution is 6.32. The van der Waals surface area contributed by atoms with Crippen LogP contribution in [-0.4, -0.2) is 39.2 Å². The van der Waals surface area contributed by atoms with Gasteiger partial charge in [0.15, 0.2) is 5.82 Å². The normalized spacial score (nSPS) is 18.2. The van der Waals surface area contributed by atoms with Crippen LogP contribution in [0.3, 0.4) is 0 Å². The van der Waals surface area contributed by atoms with Gasteiger partial charge in [0.1, 0.15) is 10.8 Å². The Morgan fingerprint density at radius 1 is 1.43 bits per heavy atom. The molecule has 1 aliphatic heterocycles. The lowest BCUT2D eigenvalue weighted by atomic mass is 10.2. The van der Waals surface area contributed by atoms with E-state index >= 15 is 0 Å². The summed E-state index contributed by atoms with van der Waals surface area (Å²) in [6.45, 7) is 3.84. The number of aryl methyl sites for hydroxylation is 1. The lowest BCUT2D eigenvalue weighted by Crippen LogP contribution is -2.34. The molecule has 0 radical (unpaired) electrons. The van der Waals surface area contributed by atoms with Crippen molar-refractivity contribution in [3.63, 3.8) is 0 Å². The van der Waals surface area contributed by atoms with Gasteiger partial charge < -0.3 is 14.2 Å². The molecule has 6 nitrogen and oxygen atoms in total. The molecule has 21 heavy (non-hydrogen) atoms. The second-order valence-corrected chi connectivity index (χ2v) is 5.55. The third-order valence-corrected chi connectivity index (χ3v) is 4.13. The van der Waals surface area contributed by atoms with Gasteiger partial charge in [0, 0.05) is 31.5 Å². The number of hydrogen-bond acceptors (Lipinski definition) is 5. The van der Waals surface area contributed by atoms with Gasteiger partial charge in [-0.3, -0.25) is 0 Å². The first-order chi connectivity index (χ1) is 10.2. The van der Waals surface area contributed by atoms with Gasteiger partial charge in [-0.05, 0) is 19.8 Å². The number of imidazole rings is 1. The molecule has 0 N–H and O–H groups in total. The topological polar surface area (TPSA) is 56.1 Å². The molecule has 0 unspecified atom stereocenters. The number of methoxy groups -OCH3 is 1. The van der Waals surface area contributed by atoms with Crippen molar-refractivity contribution in [2.45, 2.75) is 32.4 Å². The highest BCUT2D eigenvalue weighted by Crippen LogP contribution is 2.31. The monoisotopic (exact) mass is 307 g/mol. The van der Waals surface area contributed by atoms with Gasteiger partial charge in [0.05, 0.1) is 13.3 Å². The minimum atomic E-state index is 0.346. The highest BCUT2D eigenvalue weighted by Gasteiger charge is 2.28. The molecule has 0 amide bonds. The summed E-state index contributed by atoms with van der Waals surface area (Å²) in [6.07, 6.45) is 7.67. The van der Waals surface area contributed by atoms with Crippen LogP contribution in [0.25, 0.3) is 0 Å². The van der Waals surface area contributed by atoms with E-state index in [1.54, 1.807) is 13.3 Å². The third-order valence-electron chi connectivity index (χ3n) is 3.87. The average molecular weight is 308 g/mol. The van der Waals surface area contributed by atoms with E-state index in [1.807, 2.05) is 19.3 Å². The fourth-order valence-electron chi connectivity index (χ4n) is 2.77. The third kappa shape index (κ3) is 2.81. The average Bonchev–Trinajstić information content (AvgIpc) is 3.10. The molecule has 1 aliphatic rings. The van der Waals surface area contributed by atoms with Crippen molar-refractivity contribution >= 4 is 17.4 Å². The first-order valence-electron chi connectivity index (χ1n) is 7.00. The number of nitrogens with zero attached hydrogens (tertiary/aromatic N) is 5. The Bertz CT molecular complexity index is 630. The SMILES string of the molecule is COc1ncc(Cl)c(N2CCC[C@H]2Cn2ccnc2C)n1. The van der Waals surface area contributed by atoms with Crippen LogP contribution in [0.15, 0.2) is 18.6 Å². The number of hydrogen-bond donors (Lipinski definition) is 0. The van der Waals surface area contributed by atoms with Crippen LogP contribution in [0.5, 0.6) is 6.01 Å². The molecule has 0 saturated carbocycles. The Morgan fingerprint density at radius 2 is 2.29 bits per heavy atom. The maximum atomic E-state index is 6.27. The van der Waals surface area contributed by atoms with Gasteiger partial charge in [0.25, 0.3) is 0 Å². The van der Waals surface area contributed by atoms with Crippen LogP contribution in [0.2, 0.25) is 5.02 Å². The smallest absolute Gasteiger partial charge is 0.318 e. The summed E-state index contributed by atoms with van der Waals surface area (Å²) in [5.41, 5.74) is 0. The quantitative estimate of drug-likeness (QED) is 0.867. The fourth-order valence-corrected chi connectivity index (χ4v) is 2.97. The molecule has 2 aromatic heterocycles. The Balaban J connectivity index is 1.85. The minimum Gasteiger partial charge on any atom is -0.467 e. The van der Waals surface area contributed by atoms with Crippen LogP contribution >= 0.6 is 11.6 Å². The molecule has 2 aromatic rings. The zero-order valence-electron chi connectivity index (χ0n) is 12.2. The van der Waals surface area contributed by atoms with Crippen molar-refractivity contribution in [3.05, 3.63) is 29.4 Å². The minimum absolute atomic E-state index is 0.346. The Morgan fingerprint density at radius 3 is 3.00 bits per heavy atom. The zero-order chi connectivity index (χ0) is 14.8. The maximum absolute atomic E-state index is 6.27. The van der Waals surface area contributed by atoms with Crippen LogP contribution in [0.4, 0.5) is 5.82 Å². The predicted octanol–water partition coefficient (Wildman–Crippen LogP) is 2.31. The van der Waals surface area contributed by atoms with E-state index in [9.17, 15) is 0 Å². The summed E-state index contributed by atoms with van der Waals surface area (Å²) in [6, 6.07) is 0.703. The molecule has 3 rings (SSSR count). The predicted molar refractivity (Wildman–Crippen MR) is 80.9 cm³/mol. The lowest BCUT2D eigenvalue weighted by molar-refractivity contribution is 0.379. The first-order valence-corrected chi connectivity index (χ1v) is 7.37. The molecule has 0 bridgehead atoms. The number of anilines is 1. The van der Waals surface area contributed by atoms with Crippen LogP contribution in [-0.2, 0) is 6.54 Å². The van der Waals surface area contributed by atoms with E-state index in [0.717, 1.165) is 37.6 Å². The van der Waals surface area contributed by atoms with Crippen LogP contribution in [0.1, 0.15) is 18.7 Å². The molecule has 1 saturated heterocycles. The van der Waals surface area contributed by atoms with E-state index < -0.39 is 0 Å². The summed E-state index contributed by atoms with van der Waals surface area (Å²) in [4.78, 5) is 15.0. The summed E-state index contributed by atoms with van der Waals surface area (Å²) < 4.78 is 7.27. The van der Waals surface area contributed by atoms with E-state index in [1.165, 1.54) is 0 Å². The molecule has 7 heteroatoms. The van der Waals surface area contributed by atoms with Gasteiger partial charge in [-0.25, -0.2) is 9.97 Å². The van der Waals surface area contributed by atoms with Crippen molar-refractivity contribution in [1.29, 1.82) is 0 Å². The van der Waals surface area contributed by atoms with Gasteiger partial charge in [-0.2, -0.15) is 4.98 Å². The van der Waals surface area contributed by atoms with Gasteiger partial charge in [0.2, 0.25) is 0 Å². The molecule has 0 aromatic carbocycles. The number of halogens is 1. The molecule has 3 heterocycles. The zero-order valence-corrected chi connectivity index (χ0v) is 12.9. The van der Waals surface area contributed by atoms with E-state index in [0.29, 0.717) is 17.1 Å². The van der Waals surface area contributed by atoms with Crippen molar-refractivity contribution in [2.24, 2.45) is 0 Å². The van der Waals surface area contributed by atoms with Crippen LogP contribution in [0, 0.1) is 6.92 Å². The highest BCUT2D eigenvalue weighted by atomic mass is 35.5. The fraction of sp³-hybridized carbons (Fsp3) is 0.500. The largest absolute Gasteiger partial charge is 0.467 e. The summed E-state index contributed by atoms with van der Waals surface area (Å²) in [5, 5.41) is 0.560. The van der Waals surface area contributed by atoms with E-state index in [4.69, 9.17) is 16.3 Å². The van der Waals surface area contributed by atoms with Crippen molar-refractivity contribution < 1.29 is 4.74 Å². The van der Waals surface area contributed by atoms with Gasteiger partial charge in [-0.15, -0.1) is 0 Å². The van der Waals surface area contributed by atoms with Crippen molar-refractivity contribution in [3.8, 4) is 6.01 Å². The van der Waals surface area contributed by atoms with E-state index in [-0.39, 0.29) is 0 Å². The van der Waals surface area contributed by atoms with Gasteiger partial charge in [-0.1, -0.05) is 11.6 Å². The Labute approximate surface area is 128 Å². The number of rotatable bonds is 4. The Kier molecular flexibility index (Phi) is 3.96.